The molecule has 180 valence electrons. The van der Waals surface area contributed by atoms with Gasteiger partial charge in [-0.2, -0.15) is 0 Å². The van der Waals surface area contributed by atoms with E-state index >= 15 is 0 Å². The summed E-state index contributed by atoms with van der Waals surface area (Å²) in [6, 6.07) is 18.0. The van der Waals surface area contributed by atoms with E-state index in [9.17, 15) is 0 Å². The Kier molecular flexibility index (Phi) is 8.05. The third-order valence-corrected chi connectivity index (χ3v) is 6.37. The van der Waals surface area contributed by atoms with E-state index in [4.69, 9.17) is 9.47 Å². The van der Waals surface area contributed by atoms with Gasteiger partial charge in [0, 0.05) is 24.2 Å². The molecule has 35 heavy (non-hydrogen) atoms. The molecule has 0 aliphatic carbocycles. The van der Waals surface area contributed by atoms with Gasteiger partial charge in [-0.25, -0.2) is 9.97 Å². The minimum Gasteiger partial charge on any atom is -0.497 e. The van der Waals surface area contributed by atoms with Crippen LogP contribution < -0.4 is 20.1 Å². The van der Waals surface area contributed by atoms with Crippen molar-refractivity contribution in [2.75, 3.05) is 30.5 Å². The second kappa shape index (κ2) is 11.6. The fourth-order valence-corrected chi connectivity index (χ4v) is 4.51. The quantitative estimate of drug-likeness (QED) is 0.196. The van der Waals surface area contributed by atoms with Gasteiger partial charge in [0.15, 0.2) is 5.82 Å². The van der Waals surface area contributed by atoms with Crippen LogP contribution in [0, 0.1) is 13.8 Å². The van der Waals surface area contributed by atoms with Crippen molar-refractivity contribution in [3.8, 4) is 17.2 Å². The maximum atomic E-state index is 5.99. The van der Waals surface area contributed by atoms with Crippen molar-refractivity contribution in [1.29, 1.82) is 0 Å². The van der Waals surface area contributed by atoms with Crippen LogP contribution in [0.2, 0.25) is 0 Å². The molecule has 0 unspecified atom stereocenters. The number of nitrogens with zero attached hydrogens (tertiary/aromatic N) is 3. The molecule has 0 amide bonds. The second-order valence-electron chi connectivity index (χ2n) is 7.95. The van der Waals surface area contributed by atoms with E-state index in [0.717, 1.165) is 57.1 Å². The lowest BCUT2D eigenvalue weighted by atomic mass is 10.2. The fourth-order valence-electron chi connectivity index (χ4n) is 3.51. The normalized spacial score (nSPS) is 10.6. The molecule has 7 nitrogen and oxygen atoms in total. The van der Waals surface area contributed by atoms with Gasteiger partial charge < -0.3 is 20.1 Å². The zero-order chi connectivity index (χ0) is 24.6. The number of pyridine rings is 1. The van der Waals surface area contributed by atoms with Crippen LogP contribution in [0.4, 0.5) is 17.2 Å². The molecule has 0 aliphatic rings. The molecular weight excluding hydrogens is 458 g/mol. The number of aryl methyl sites for hydroxylation is 3. The van der Waals surface area contributed by atoms with E-state index in [2.05, 4.69) is 37.7 Å². The Labute approximate surface area is 210 Å². The third kappa shape index (κ3) is 6.42. The van der Waals surface area contributed by atoms with E-state index < -0.39 is 0 Å². The number of thioether (sulfide) groups is 1. The number of aromatic nitrogens is 3. The summed E-state index contributed by atoms with van der Waals surface area (Å²) < 4.78 is 11.3. The van der Waals surface area contributed by atoms with Gasteiger partial charge in [-0.1, -0.05) is 12.1 Å². The van der Waals surface area contributed by atoms with Crippen LogP contribution in [0.1, 0.15) is 16.8 Å². The van der Waals surface area contributed by atoms with Gasteiger partial charge in [-0.05, 0) is 73.9 Å². The number of anilines is 3. The minimum atomic E-state index is 0.711. The fraction of sp³-hybridized carbons (Fsp3) is 0.222. The Morgan fingerprint density at radius 1 is 0.943 bits per heavy atom. The van der Waals surface area contributed by atoms with E-state index in [0.29, 0.717) is 5.75 Å². The first kappa shape index (κ1) is 24.3. The summed E-state index contributed by atoms with van der Waals surface area (Å²) >= 11 is 1.69. The Morgan fingerprint density at radius 2 is 1.83 bits per heavy atom. The lowest BCUT2D eigenvalue weighted by Gasteiger charge is -2.15. The molecule has 2 N–H and O–H groups in total. The molecule has 0 aliphatic heterocycles. The number of rotatable bonds is 10. The van der Waals surface area contributed by atoms with Crippen molar-refractivity contribution in [1.82, 2.24) is 15.0 Å². The Bertz CT molecular complexity index is 1280. The van der Waals surface area contributed by atoms with Crippen LogP contribution in [-0.4, -0.2) is 34.9 Å². The summed E-state index contributed by atoms with van der Waals surface area (Å²) in [7, 11) is 3.57. The smallest absolute Gasteiger partial charge is 0.158 e. The van der Waals surface area contributed by atoms with Crippen molar-refractivity contribution < 1.29 is 9.47 Å². The number of nitrogens with one attached hydrogen (secondary N) is 2. The maximum Gasteiger partial charge on any atom is 0.158 e. The first-order valence-corrected chi connectivity index (χ1v) is 12.3. The summed E-state index contributed by atoms with van der Waals surface area (Å²) in [4.78, 5) is 13.3. The number of methoxy groups -OCH3 is 1. The molecule has 2 heterocycles. The average molecular weight is 488 g/mol. The van der Waals surface area contributed by atoms with Crippen molar-refractivity contribution in [2.45, 2.75) is 25.3 Å². The van der Waals surface area contributed by atoms with Gasteiger partial charge in [0.05, 0.1) is 13.3 Å². The van der Waals surface area contributed by atoms with Crippen molar-refractivity contribution >= 4 is 29.0 Å². The molecule has 0 radical (unpaired) electrons. The zero-order valence-corrected chi connectivity index (χ0v) is 21.1. The van der Waals surface area contributed by atoms with E-state index in [1.807, 2.05) is 63.4 Å². The summed E-state index contributed by atoms with van der Waals surface area (Å²) in [6.07, 6.45) is 4.23. The van der Waals surface area contributed by atoms with E-state index in [1.54, 1.807) is 31.4 Å². The molecule has 2 aromatic carbocycles. The topological polar surface area (TPSA) is 81.2 Å². The number of hydrogen-bond donors (Lipinski definition) is 2. The number of hydrogen-bond acceptors (Lipinski definition) is 8. The molecule has 8 heteroatoms. The SMILES string of the molecule is CNc1c(Nc2ccc(Oc3ccc(C)nc3)c(C)c2)ncnc1SCCc1cccc(OC)c1. The number of benzene rings is 2. The molecule has 0 saturated carbocycles. The van der Waals surface area contributed by atoms with Crippen LogP contribution in [0.3, 0.4) is 0 Å². The molecule has 0 atom stereocenters. The van der Waals surface area contributed by atoms with Gasteiger partial charge >= 0.3 is 0 Å². The van der Waals surface area contributed by atoms with Crippen LogP contribution >= 0.6 is 11.8 Å². The van der Waals surface area contributed by atoms with Gasteiger partial charge in [-0.15, -0.1) is 11.8 Å². The highest BCUT2D eigenvalue weighted by Crippen LogP contribution is 2.34. The summed E-state index contributed by atoms with van der Waals surface area (Å²) in [5.74, 6) is 3.98. The zero-order valence-electron chi connectivity index (χ0n) is 20.3. The lowest BCUT2D eigenvalue weighted by molar-refractivity contribution is 0.414. The van der Waals surface area contributed by atoms with Crippen molar-refractivity contribution in [3.05, 3.63) is 83.9 Å². The summed E-state index contributed by atoms with van der Waals surface area (Å²) in [5.41, 5.74) is 4.97. The van der Waals surface area contributed by atoms with Gasteiger partial charge in [0.1, 0.15) is 34.3 Å². The first-order chi connectivity index (χ1) is 17.1. The molecule has 0 saturated heterocycles. The average Bonchev–Trinajstić information content (AvgIpc) is 2.87. The molecular formula is C27H29N5O2S. The molecule has 2 aromatic heterocycles. The Balaban J connectivity index is 1.43. The number of ether oxygens (including phenoxy) is 2. The first-order valence-electron chi connectivity index (χ1n) is 11.3. The van der Waals surface area contributed by atoms with Crippen molar-refractivity contribution in [2.24, 2.45) is 0 Å². The molecule has 0 bridgehead atoms. The Hall–Kier alpha value is -3.78. The second-order valence-corrected chi connectivity index (χ2v) is 9.03. The summed E-state index contributed by atoms with van der Waals surface area (Å²) in [6.45, 7) is 3.97. The monoisotopic (exact) mass is 487 g/mol. The van der Waals surface area contributed by atoms with Gasteiger partial charge in [-0.3, -0.25) is 4.98 Å². The maximum absolute atomic E-state index is 5.99. The largest absolute Gasteiger partial charge is 0.497 e. The highest BCUT2D eigenvalue weighted by Gasteiger charge is 2.12. The predicted octanol–water partition coefficient (Wildman–Crippen LogP) is 6.41. The van der Waals surface area contributed by atoms with Crippen LogP contribution in [0.25, 0.3) is 0 Å². The highest BCUT2D eigenvalue weighted by atomic mass is 32.2. The molecule has 4 rings (SSSR count). The van der Waals surface area contributed by atoms with Crippen LogP contribution in [0.15, 0.2) is 72.1 Å². The van der Waals surface area contributed by atoms with Crippen LogP contribution in [0.5, 0.6) is 17.2 Å². The van der Waals surface area contributed by atoms with Crippen LogP contribution in [-0.2, 0) is 6.42 Å². The lowest BCUT2D eigenvalue weighted by Crippen LogP contribution is -2.03. The van der Waals surface area contributed by atoms with E-state index in [1.165, 1.54) is 5.56 Å². The van der Waals surface area contributed by atoms with Gasteiger partial charge in [0.25, 0.3) is 0 Å². The Morgan fingerprint density at radius 3 is 2.57 bits per heavy atom. The summed E-state index contributed by atoms with van der Waals surface area (Å²) in [5, 5.41) is 7.57. The standard InChI is InChI=1S/C27H29N5O2S/c1-18-14-21(9-11-24(18)34-23-10-8-19(2)29-16-23)32-26-25(28-3)27(31-17-30-26)35-13-12-20-6-5-7-22(15-20)33-4/h5-11,14-17,28H,12-13H2,1-4H3,(H,30,31,32). The third-order valence-electron chi connectivity index (χ3n) is 5.38. The molecule has 0 fully saturated rings. The highest BCUT2D eigenvalue weighted by molar-refractivity contribution is 7.99. The molecule has 0 spiro atoms. The predicted molar refractivity (Wildman–Crippen MR) is 143 cm³/mol. The molecule has 4 aromatic rings. The van der Waals surface area contributed by atoms with Crippen molar-refractivity contribution in [3.63, 3.8) is 0 Å². The van der Waals surface area contributed by atoms with Gasteiger partial charge in [0.2, 0.25) is 0 Å². The minimum absolute atomic E-state index is 0.711. The van der Waals surface area contributed by atoms with E-state index in [-0.39, 0.29) is 0 Å².